The van der Waals surface area contributed by atoms with Crippen LogP contribution in [0.2, 0.25) is 0 Å². The second-order valence-electron chi connectivity index (χ2n) is 4.87. The molecule has 1 fully saturated rings. The molecule has 0 aliphatic carbocycles. The van der Waals surface area contributed by atoms with Crippen molar-refractivity contribution in [2.45, 2.75) is 32.2 Å². The van der Waals surface area contributed by atoms with Crippen molar-refractivity contribution in [3.8, 4) is 6.07 Å². The highest BCUT2D eigenvalue weighted by atomic mass is 15.2. The normalized spacial score (nSPS) is 23.7. The van der Waals surface area contributed by atoms with Crippen molar-refractivity contribution < 1.29 is 0 Å². The number of piperidine rings is 1. The fourth-order valence-corrected chi connectivity index (χ4v) is 2.72. The number of hydrogen-bond donors (Lipinski definition) is 1. The minimum absolute atomic E-state index is 0.311. The summed E-state index contributed by atoms with van der Waals surface area (Å²) in [5, 5.41) is 9.16. The molecule has 0 saturated carbocycles. The van der Waals surface area contributed by atoms with Gasteiger partial charge in [0.15, 0.2) is 0 Å². The Morgan fingerprint density at radius 2 is 2.44 bits per heavy atom. The lowest BCUT2D eigenvalue weighted by molar-refractivity contribution is 0.334. The maximum Gasteiger partial charge on any atom is 0.146 e. The molecule has 4 heteroatoms. The molecule has 96 valence electrons. The summed E-state index contributed by atoms with van der Waals surface area (Å²) >= 11 is 0. The minimum atomic E-state index is 0.311. The zero-order valence-corrected chi connectivity index (χ0v) is 10.8. The molecule has 1 saturated heterocycles. The molecule has 1 aromatic rings. The third-order valence-electron chi connectivity index (χ3n) is 3.85. The standard InChI is InChI=1S/C14H20N4/c1-2-11-5-7-18(13(8-11)10-16)14-12(9-15)4-3-6-17-14/h3-4,6,11,13H,2,5,7-8,10,16H2,1H3. The summed E-state index contributed by atoms with van der Waals surface area (Å²) in [5.74, 6) is 1.55. The first-order valence-corrected chi connectivity index (χ1v) is 6.62. The largest absolute Gasteiger partial charge is 0.351 e. The van der Waals surface area contributed by atoms with Crippen LogP contribution in [0, 0.1) is 17.2 Å². The van der Waals surface area contributed by atoms with E-state index in [1.165, 1.54) is 6.42 Å². The zero-order chi connectivity index (χ0) is 13.0. The number of pyridine rings is 1. The summed E-state index contributed by atoms with van der Waals surface area (Å²) in [6, 6.07) is 6.15. The molecule has 0 spiro atoms. The van der Waals surface area contributed by atoms with Crippen LogP contribution in [0.3, 0.4) is 0 Å². The van der Waals surface area contributed by atoms with Gasteiger partial charge in [-0.25, -0.2) is 4.98 Å². The summed E-state index contributed by atoms with van der Waals surface area (Å²) in [6.45, 7) is 3.80. The maximum atomic E-state index is 9.16. The highest BCUT2D eigenvalue weighted by Crippen LogP contribution is 2.29. The van der Waals surface area contributed by atoms with Gasteiger partial charge in [0, 0.05) is 25.3 Å². The van der Waals surface area contributed by atoms with Gasteiger partial charge in [-0.3, -0.25) is 0 Å². The second kappa shape index (κ2) is 5.83. The fraction of sp³-hybridized carbons (Fsp3) is 0.571. The van der Waals surface area contributed by atoms with E-state index in [1.807, 2.05) is 6.07 Å². The molecule has 1 aliphatic heterocycles. The van der Waals surface area contributed by atoms with E-state index in [0.29, 0.717) is 18.2 Å². The molecule has 2 heterocycles. The number of hydrogen-bond acceptors (Lipinski definition) is 4. The molecule has 0 bridgehead atoms. The fourth-order valence-electron chi connectivity index (χ4n) is 2.72. The molecule has 1 aromatic heterocycles. The van der Waals surface area contributed by atoms with Gasteiger partial charge in [0.2, 0.25) is 0 Å². The molecule has 0 aromatic carbocycles. The summed E-state index contributed by atoms with van der Waals surface area (Å²) in [4.78, 5) is 6.58. The number of aromatic nitrogens is 1. The van der Waals surface area contributed by atoms with Crippen molar-refractivity contribution in [1.82, 2.24) is 4.98 Å². The Balaban J connectivity index is 2.24. The van der Waals surface area contributed by atoms with Gasteiger partial charge in [-0.2, -0.15) is 5.26 Å². The number of anilines is 1. The van der Waals surface area contributed by atoms with E-state index in [9.17, 15) is 0 Å². The molecule has 0 radical (unpaired) electrons. The Morgan fingerprint density at radius 1 is 1.61 bits per heavy atom. The lowest BCUT2D eigenvalue weighted by atomic mass is 9.88. The highest BCUT2D eigenvalue weighted by Gasteiger charge is 2.28. The lowest BCUT2D eigenvalue weighted by Gasteiger charge is -2.39. The van der Waals surface area contributed by atoms with Crippen LogP contribution >= 0.6 is 0 Å². The van der Waals surface area contributed by atoms with Gasteiger partial charge in [-0.15, -0.1) is 0 Å². The van der Waals surface area contributed by atoms with Crippen LogP contribution in [0.4, 0.5) is 5.82 Å². The van der Waals surface area contributed by atoms with Crippen LogP contribution in [0.1, 0.15) is 31.7 Å². The first-order valence-electron chi connectivity index (χ1n) is 6.62. The Bertz CT molecular complexity index is 438. The highest BCUT2D eigenvalue weighted by molar-refractivity contribution is 5.54. The molecule has 2 atom stereocenters. The van der Waals surface area contributed by atoms with Gasteiger partial charge in [0.1, 0.15) is 11.9 Å². The monoisotopic (exact) mass is 244 g/mol. The van der Waals surface area contributed by atoms with Crippen LogP contribution in [-0.4, -0.2) is 24.1 Å². The Hall–Kier alpha value is -1.60. The first kappa shape index (κ1) is 12.8. The van der Waals surface area contributed by atoms with Gasteiger partial charge >= 0.3 is 0 Å². The number of nitriles is 1. The Labute approximate surface area is 108 Å². The van der Waals surface area contributed by atoms with Gasteiger partial charge < -0.3 is 10.6 Å². The van der Waals surface area contributed by atoms with Crippen LogP contribution in [0.15, 0.2) is 18.3 Å². The van der Waals surface area contributed by atoms with Gasteiger partial charge in [0.25, 0.3) is 0 Å². The van der Waals surface area contributed by atoms with Gasteiger partial charge in [-0.1, -0.05) is 13.3 Å². The number of rotatable bonds is 3. The first-order chi connectivity index (χ1) is 8.80. The Morgan fingerprint density at radius 3 is 3.11 bits per heavy atom. The quantitative estimate of drug-likeness (QED) is 0.882. The number of nitrogens with two attached hydrogens (primary N) is 1. The molecule has 18 heavy (non-hydrogen) atoms. The van der Waals surface area contributed by atoms with Crippen molar-refractivity contribution >= 4 is 5.82 Å². The third kappa shape index (κ3) is 2.46. The van der Waals surface area contributed by atoms with Crippen molar-refractivity contribution in [3.05, 3.63) is 23.9 Å². The predicted octanol–water partition coefficient (Wildman–Crippen LogP) is 1.91. The minimum Gasteiger partial charge on any atom is -0.351 e. The number of nitrogens with zero attached hydrogens (tertiary/aromatic N) is 3. The van der Waals surface area contributed by atoms with Crippen LogP contribution < -0.4 is 10.6 Å². The van der Waals surface area contributed by atoms with Gasteiger partial charge in [-0.05, 0) is 30.9 Å². The van der Waals surface area contributed by atoms with E-state index >= 15 is 0 Å². The van der Waals surface area contributed by atoms with Crippen molar-refractivity contribution in [2.75, 3.05) is 18.0 Å². The van der Waals surface area contributed by atoms with Crippen LogP contribution in [0.25, 0.3) is 0 Å². The molecule has 2 N–H and O–H groups in total. The molecule has 4 nitrogen and oxygen atoms in total. The van der Waals surface area contributed by atoms with Crippen LogP contribution in [-0.2, 0) is 0 Å². The van der Waals surface area contributed by atoms with E-state index in [1.54, 1.807) is 12.3 Å². The lowest BCUT2D eigenvalue weighted by Crippen LogP contribution is -2.47. The van der Waals surface area contributed by atoms with E-state index < -0.39 is 0 Å². The second-order valence-corrected chi connectivity index (χ2v) is 4.87. The summed E-state index contributed by atoms with van der Waals surface area (Å²) in [6.07, 6.45) is 5.22. The molecular weight excluding hydrogens is 224 g/mol. The molecule has 0 amide bonds. The van der Waals surface area contributed by atoms with Crippen molar-refractivity contribution in [2.24, 2.45) is 11.7 Å². The average molecular weight is 244 g/mol. The van der Waals surface area contributed by atoms with E-state index in [-0.39, 0.29) is 0 Å². The summed E-state index contributed by atoms with van der Waals surface area (Å²) in [7, 11) is 0. The molecule has 1 aliphatic rings. The van der Waals surface area contributed by atoms with E-state index in [4.69, 9.17) is 11.0 Å². The molecule has 2 rings (SSSR count). The topological polar surface area (TPSA) is 65.9 Å². The maximum absolute atomic E-state index is 9.16. The molecule has 2 unspecified atom stereocenters. The smallest absolute Gasteiger partial charge is 0.146 e. The average Bonchev–Trinajstić information content (AvgIpc) is 2.46. The SMILES string of the molecule is CCC1CCN(c2ncccc2C#N)C(CN)C1. The zero-order valence-electron chi connectivity index (χ0n) is 10.8. The van der Waals surface area contributed by atoms with E-state index in [2.05, 4.69) is 22.9 Å². The third-order valence-corrected chi connectivity index (χ3v) is 3.85. The van der Waals surface area contributed by atoms with E-state index in [0.717, 1.165) is 31.1 Å². The predicted molar refractivity (Wildman–Crippen MR) is 72.2 cm³/mol. The summed E-state index contributed by atoms with van der Waals surface area (Å²) < 4.78 is 0. The summed E-state index contributed by atoms with van der Waals surface area (Å²) in [5.41, 5.74) is 6.53. The van der Waals surface area contributed by atoms with Crippen LogP contribution in [0.5, 0.6) is 0 Å². The Kier molecular flexibility index (Phi) is 4.16. The van der Waals surface area contributed by atoms with Crippen molar-refractivity contribution in [1.29, 1.82) is 5.26 Å². The van der Waals surface area contributed by atoms with Crippen molar-refractivity contribution in [3.63, 3.8) is 0 Å². The molecular formula is C14H20N4. The van der Waals surface area contributed by atoms with Gasteiger partial charge in [0.05, 0.1) is 5.56 Å².